The van der Waals surface area contributed by atoms with Crippen LogP contribution in [0.4, 0.5) is 8.78 Å². The van der Waals surface area contributed by atoms with Gasteiger partial charge in [-0.15, -0.1) is 0 Å². The van der Waals surface area contributed by atoms with E-state index in [2.05, 4.69) is 26.1 Å². The van der Waals surface area contributed by atoms with Crippen molar-refractivity contribution >= 4 is 0 Å². The monoisotopic (exact) mass is 281 g/mol. The molecule has 0 aromatic heterocycles. The second-order valence-electron chi connectivity index (χ2n) is 6.99. The van der Waals surface area contributed by atoms with E-state index in [0.717, 1.165) is 5.56 Å². The summed E-state index contributed by atoms with van der Waals surface area (Å²) < 4.78 is 26.1. The zero-order chi connectivity index (χ0) is 14.8. The normalized spacial score (nSPS) is 23.9. The van der Waals surface area contributed by atoms with Gasteiger partial charge in [-0.05, 0) is 41.9 Å². The Morgan fingerprint density at radius 3 is 2.45 bits per heavy atom. The van der Waals surface area contributed by atoms with Crippen molar-refractivity contribution in [2.24, 2.45) is 11.3 Å². The van der Waals surface area contributed by atoms with E-state index < -0.39 is 11.6 Å². The summed E-state index contributed by atoms with van der Waals surface area (Å²) in [5.41, 5.74) is 1.09. The standard InChI is InChI=1S/C17H25F2N/c1-17(2,3)13-6-4-5-7-16(13)20-11-12-8-9-14(18)15(19)10-12/h8-10,13,16,20H,4-7,11H2,1-3H3. The highest BCUT2D eigenvalue weighted by atomic mass is 19.2. The van der Waals surface area contributed by atoms with Gasteiger partial charge in [-0.1, -0.05) is 39.7 Å². The predicted molar refractivity (Wildman–Crippen MR) is 78.4 cm³/mol. The third-order valence-corrected chi connectivity index (χ3v) is 4.43. The van der Waals surface area contributed by atoms with Crippen LogP contribution >= 0.6 is 0 Å². The molecule has 2 rings (SSSR count). The average molecular weight is 281 g/mol. The number of hydrogen-bond acceptors (Lipinski definition) is 1. The summed E-state index contributed by atoms with van der Waals surface area (Å²) in [4.78, 5) is 0. The van der Waals surface area contributed by atoms with E-state index in [-0.39, 0.29) is 5.41 Å². The number of benzene rings is 1. The van der Waals surface area contributed by atoms with Crippen molar-refractivity contribution in [1.82, 2.24) is 5.32 Å². The molecule has 1 N–H and O–H groups in total. The Morgan fingerprint density at radius 2 is 1.80 bits per heavy atom. The minimum atomic E-state index is -0.779. The van der Waals surface area contributed by atoms with Crippen LogP contribution in [0.2, 0.25) is 0 Å². The molecule has 112 valence electrons. The lowest BCUT2D eigenvalue weighted by molar-refractivity contribution is 0.130. The van der Waals surface area contributed by atoms with Crippen molar-refractivity contribution in [3.63, 3.8) is 0 Å². The lowest BCUT2D eigenvalue weighted by atomic mass is 9.69. The highest BCUT2D eigenvalue weighted by molar-refractivity contribution is 5.17. The van der Waals surface area contributed by atoms with Crippen molar-refractivity contribution in [1.29, 1.82) is 0 Å². The third kappa shape index (κ3) is 3.78. The first-order valence-electron chi connectivity index (χ1n) is 7.55. The molecule has 0 heterocycles. The summed E-state index contributed by atoms with van der Waals surface area (Å²) in [6, 6.07) is 4.61. The van der Waals surface area contributed by atoms with Crippen LogP contribution in [-0.2, 0) is 6.54 Å². The highest BCUT2D eigenvalue weighted by Gasteiger charge is 2.33. The van der Waals surface area contributed by atoms with Gasteiger partial charge in [0.2, 0.25) is 0 Å². The molecule has 1 aromatic carbocycles. The van der Waals surface area contributed by atoms with Gasteiger partial charge in [0.15, 0.2) is 11.6 Å². The molecule has 1 saturated carbocycles. The smallest absolute Gasteiger partial charge is 0.159 e. The van der Waals surface area contributed by atoms with Gasteiger partial charge in [0.1, 0.15) is 0 Å². The van der Waals surface area contributed by atoms with Crippen LogP contribution < -0.4 is 5.32 Å². The zero-order valence-electron chi connectivity index (χ0n) is 12.7. The van der Waals surface area contributed by atoms with Gasteiger partial charge in [0.25, 0.3) is 0 Å². The summed E-state index contributed by atoms with van der Waals surface area (Å²) in [6.45, 7) is 7.47. The lowest BCUT2D eigenvalue weighted by Gasteiger charge is -2.41. The van der Waals surface area contributed by atoms with Crippen LogP contribution in [0, 0.1) is 23.0 Å². The Kier molecular flexibility index (Phi) is 4.79. The molecule has 0 amide bonds. The average Bonchev–Trinajstić information content (AvgIpc) is 2.39. The fourth-order valence-corrected chi connectivity index (χ4v) is 3.31. The van der Waals surface area contributed by atoms with Crippen LogP contribution in [0.5, 0.6) is 0 Å². The molecule has 1 nitrogen and oxygen atoms in total. The van der Waals surface area contributed by atoms with Gasteiger partial charge < -0.3 is 5.32 Å². The van der Waals surface area contributed by atoms with E-state index in [4.69, 9.17) is 0 Å². The summed E-state index contributed by atoms with van der Waals surface area (Å²) in [7, 11) is 0. The third-order valence-electron chi connectivity index (χ3n) is 4.43. The van der Waals surface area contributed by atoms with Crippen molar-refractivity contribution in [2.75, 3.05) is 0 Å². The van der Waals surface area contributed by atoms with Crippen LogP contribution in [-0.4, -0.2) is 6.04 Å². The maximum absolute atomic E-state index is 13.2. The molecule has 0 aliphatic heterocycles. The Bertz CT molecular complexity index is 451. The van der Waals surface area contributed by atoms with E-state index in [0.29, 0.717) is 18.5 Å². The molecule has 20 heavy (non-hydrogen) atoms. The van der Waals surface area contributed by atoms with E-state index >= 15 is 0 Å². The molecule has 0 radical (unpaired) electrons. The van der Waals surface area contributed by atoms with Crippen molar-refractivity contribution in [3.8, 4) is 0 Å². The minimum Gasteiger partial charge on any atom is -0.310 e. The molecule has 0 saturated heterocycles. The Balaban J connectivity index is 1.99. The maximum atomic E-state index is 13.2. The van der Waals surface area contributed by atoms with Crippen LogP contribution in [0.3, 0.4) is 0 Å². The van der Waals surface area contributed by atoms with E-state index in [9.17, 15) is 8.78 Å². The van der Waals surface area contributed by atoms with Crippen LogP contribution in [0.15, 0.2) is 18.2 Å². The number of rotatable bonds is 3. The van der Waals surface area contributed by atoms with Gasteiger partial charge in [-0.2, -0.15) is 0 Å². The Morgan fingerprint density at radius 1 is 1.10 bits per heavy atom. The van der Waals surface area contributed by atoms with Gasteiger partial charge >= 0.3 is 0 Å². The molecule has 1 aliphatic carbocycles. The SMILES string of the molecule is CC(C)(C)C1CCCCC1NCc1ccc(F)c(F)c1. The minimum absolute atomic E-state index is 0.284. The summed E-state index contributed by atoms with van der Waals surface area (Å²) >= 11 is 0. The molecular formula is C17H25F2N. The van der Waals surface area contributed by atoms with Crippen molar-refractivity contribution < 1.29 is 8.78 Å². The first-order valence-corrected chi connectivity index (χ1v) is 7.55. The molecule has 1 aromatic rings. The molecule has 1 aliphatic rings. The lowest BCUT2D eigenvalue weighted by Crippen LogP contribution is -2.43. The topological polar surface area (TPSA) is 12.0 Å². The fourth-order valence-electron chi connectivity index (χ4n) is 3.31. The van der Waals surface area contributed by atoms with E-state index in [1.165, 1.54) is 37.8 Å². The van der Waals surface area contributed by atoms with Gasteiger partial charge in [-0.25, -0.2) is 8.78 Å². The number of halogens is 2. The Hall–Kier alpha value is -0.960. The Labute approximate surface area is 120 Å². The number of nitrogens with one attached hydrogen (secondary N) is 1. The second kappa shape index (κ2) is 6.21. The second-order valence-corrected chi connectivity index (χ2v) is 6.99. The van der Waals surface area contributed by atoms with Gasteiger partial charge in [-0.3, -0.25) is 0 Å². The van der Waals surface area contributed by atoms with E-state index in [1.54, 1.807) is 6.07 Å². The van der Waals surface area contributed by atoms with Crippen LogP contribution in [0.25, 0.3) is 0 Å². The quantitative estimate of drug-likeness (QED) is 0.849. The molecule has 2 atom stereocenters. The summed E-state index contributed by atoms with van der Waals surface area (Å²) in [5, 5.41) is 3.55. The molecule has 2 unspecified atom stereocenters. The first kappa shape index (κ1) is 15.4. The van der Waals surface area contributed by atoms with Crippen LogP contribution in [0.1, 0.15) is 52.0 Å². The zero-order valence-corrected chi connectivity index (χ0v) is 12.7. The fraction of sp³-hybridized carbons (Fsp3) is 0.647. The van der Waals surface area contributed by atoms with Crippen molar-refractivity contribution in [3.05, 3.63) is 35.4 Å². The first-order chi connectivity index (χ1) is 9.38. The largest absolute Gasteiger partial charge is 0.310 e. The highest BCUT2D eigenvalue weighted by Crippen LogP contribution is 2.38. The maximum Gasteiger partial charge on any atom is 0.159 e. The molecule has 1 fully saturated rings. The molecular weight excluding hydrogens is 256 g/mol. The number of hydrogen-bond donors (Lipinski definition) is 1. The van der Waals surface area contributed by atoms with Crippen molar-refractivity contribution in [2.45, 2.75) is 59.0 Å². The molecule has 0 spiro atoms. The van der Waals surface area contributed by atoms with Gasteiger partial charge in [0.05, 0.1) is 0 Å². The predicted octanol–water partition coefficient (Wildman–Crippen LogP) is 4.66. The van der Waals surface area contributed by atoms with E-state index in [1.807, 2.05) is 0 Å². The summed E-state index contributed by atoms with van der Waals surface area (Å²) in [6.07, 6.45) is 4.97. The van der Waals surface area contributed by atoms with Gasteiger partial charge in [0, 0.05) is 12.6 Å². The summed E-state index contributed by atoms with van der Waals surface area (Å²) in [5.74, 6) is -0.902. The molecule has 3 heteroatoms. The molecule has 0 bridgehead atoms.